The van der Waals surface area contributed by atoms with E-state index in [1.54, 1.807) is 24.3 Å². The van der Waals surface area contributed by atoms with E-state index >= 15 is 0 Å². The second kappa shape index (κ2) is 5.36. The molecule has 0 saturated heterocycles. The van der Waals surface area contributed by atoms with Crippen molar-refractivity contribution in [2.24, 2.45) is 0 Å². The average Bonchev–Trinajstić information content (AvgIpc) is 2.81. The number of hydrogen-bond acceptors (Lipinski definition) is 3. The third-order valence-corrected chi connectivity index (χ3v) is 6.63. The van der Waals surface area contributed by atoms with Gasteiger partial charge in [-0.2, -0.15) is 0 Å². The summed E-state index contributed by atoms with van der Waals surface area (Å²) in [6.45, 7) is 1.92. The largest absolute Gasteiger partial charge is 0.335 e. The molecule has 0 radical (unpaired) electrons. The minimum absolute atomic E-state index is 0.175. The van der Waals surface area contributed by atoms with E-state index in [0.29, 0.717) is 10.1 Å². The summed E-state index contributed by atoms with van der Waals surface area (Å²) in [5.41, 5.74) is 1.68. The number of aryl methyl sites for hydroxylation is 1. The van der Waals surface area contributed by atoms with Crippen LogP contribution in [-0.4, -0.2) is 18.4 Å². The van der Waals surface area contributed by atoms with E-state index in [1.807, 2.05) is 13.0 Å². The van der Waals surface area contributed by atoms with Crippen molar-refractivity contribution in [2.45, 2.75) is 16.7 Å². The lowest BCUT2D eigenvalue weighted by Gasteiger charge is -2.07. The van der Waals surface area contributed by atoms with Gasteiger partial charge in [0.05, 0.1) is 8.60 Å². The molecule has 0 spiro atoms. The summed E-state index contributed by atoms with van der Waals surface area (Å²) >= 11 is 5.53. The number of halogens is 2. The molecular formula is C14H10BrIN2O2S. The molecule has 1 aromatic carbocycles. The Labute approximate surface area is 144 Å². The maximum absolute atomic E-state index is 12.7. The number of benzene rings is 1. The first kappa shape index (κ1) is 15.0. The number of nitrogens with one attached hydrogen (secondary N) is 1. The minimum atomic E-state index is -3.59. The van der Waals surface area contributed by atoms with Gasteiger partial charge in [-0.1, -0.05) is 17.7 Å². The lowest BCUT2D eigenvalue weighted by molar-refractivity contribution is 0.595. The number of rotatable bonds is 2. The third-order valence-electron chi connectivity index (χ3n) is 3.15. The number of fused-ring (bicyclic) bond motifs is 1. The highest BCUT2D eigenvalue weighted by Gasteiger charge is 2.23. The zero-order chi connectivity index (χ0) is 15.2. The second-order valence-corrected chi connectivity index (χ2v) is 8.51. The maximum atomic E-state index is 12.7. The molecule has 1 N–H and O–H groups in total. The van der Waals surface area contributed by atoms with Crippen LogP contribution < -0.4 is 0 Å². The van der Waals surface area contributed by atoms with E-state index in [2.05, 4.69) is 48.5 Å². The molecule has 0 aliphatic heterocycles. The predicted octanol–water partition coefficient (Wildman–Crippen LogP) is 4.07. The van der Waals surface area contributed by atoms with Crippen molar-refractivity contribution < 1.29 is 8.42 Å². The van der Waals surface area contributed by atoms with E-state index in [9.17, 15) is 8.42 Å². The number of aromatic amines is 1. The molecule has 3 aromatic rings. The fourth-order valence-electron chi connectivity index (χ4n) is 2.03. The summed E-state index contributed by atoms with van der Waals surface area (Å²) in [6.07, 6.45) is 1.38. The Bertz CT molecular complexity index is 934. The van der Waals surface area contributed by atoms with Crippen LogP contribution in [0.4, 0.5) is 0 Å². The molecule has 0 aliphatic carbocycles. The number of sulfone groups is 1. The Kier molecular flexibility index (Phi) is 3.83. The van der Waals surface area contributed by atoms with Gasteiger partial charge in [0, 0.05) is 16.1 Å². The van der Waals surface area contributed by atoms with Gasteiger partial charge >= 0.3 is 0 Å². The first-order valence-corrected chi connectivity index (χ1v) is 9.39. The van der Waals surface area contributed by atoms with Crippen molar-refractivity contribution in [3.8, 4) is 0 Å². The lowest BCUT2D eigenvalue weighted by atomic mass is 10.2. The number of hydrogen-bond donors (Lipinski definition) is 1. The fourth-order valence-corrected chi connectivity index (χ4v) is 4.92. The van der Waals surface area contributed by atoms with Crippen molar-refractivity contribution in [3.63, 3.8) is 0 Å². The smallest absolute Gasteiger partial charge is 0.209 e. The zero-order valence-corrected chi connectivity index (χ0v) is 15.5. The van der Waals surface area contributed by atoms with Crippen LogP contribution in [-0.2, 0) is 9.84 Å². The second-order valence-electron chi connectivity index (χ2n) is 4.63. The summed E-state index contributed by atoms with van der Waals surface area (Å²) in [5, 5.41) is 0.757. The van der Waals surface area contributed by atoms with Gasteiger partial charge in [-0.05, 0) is 63.6 Å². The van der Waals surface area contributed by atoms with Gasteiger partial charge in [-0.25, -0.2) is 13.4 Å². The molecule has 0 fully saturated rings. The van der Waals surface area contributed by atoms with Gasteiger partial charge in [0.15, 0.2) is 0 Å². The standard InChI is InChI=1S/C14H10BrIN2O2S/c1-8-2-4-9(5-3-8)21(19,20)11-7-17-14-10(13(11)15)6-12(16)18-14/h2-7H,1H3,(H,17,18). The quantitative estimate of drug-likeness (QED) is 0.567. The van der Waals surface area contributed by atoms with Crippen molar-refractivity contribution >= 4 is 59.4 Å². The SMILES string of the molecule is Cc1ccc(S(=O)(=O)c2cnc3[nH]c(I)cc3c2Br)cc1. The predicted molar refractivity (Wildman–Crippen MR) is 93.1 cm³/mol. The Morgan fingerprint density at radius 3 is 2.57 bits per heavy atom. The molecule has 21 heavy (non-hydrogen) atoms. The molecule has 0 amide bonds. The van der Waals surface area contributed by atoms with Gasteiger partial charge in [-0.15, -0.1) is 0 Å². The normalized spacial score (nSPS) is 12.0. The highest BCUT2D eigenvalue weighted by atomic mass is 127. The summed E-state index contributed by atoms with van der Waals surface area (Å²) in [7, 11) is -3.59. The minimum Gasteiger partial charge on any atom is -0.335 e. The topological polar surface area (TPSA) is 62.8 Å². The zero-order valence-electron chi connectivity index (χ0n) is 10.9. The van der Waals surface area contributed by atoms with Gasteiger partial charge < -0.3 is 4.98 Å². The average molecular weight is 477 g/mol. The van der Waals surface area contributed by atoms with Crippen LogP contribution in [0.5, 0.6) is 0 Å². The highest BCUT2D eigenvalue weighted by molar-refractivity contribution is 14.1. The first-order valence-electron chi connectivity index (χ1n) is 6.04. The molecule has 0 atom stereocenters. The van der Waals surface area contributed by atoms with Crippen LogP contribution in [0.15, 0.2) is 50.8 Å². The van der Waals surface area contributed by atoms with E-state index in [0.717, 1.165) is 14.7 Å². The maximum Gasteiger partial charge on any atom is 0.209 e. The molecular weight excluding hydrogens is 467 g/mol. The van der Waals surface area contributed by atoms with Crippen molar-refractivity contribution in [1.29, 1.82) is 0 Å². The molecule has 108 valence electrons. The molecule has 4 nitrogen and oxygen atoms in total. The summed E-state index contributed by atoms with van der Waals surface area (Å²) in [5.74, 6) is 0. The monoisotopic (exact) mass is 476 g/mol. The van der Waals surface area contributed by atoms with E-state index in [1.165, 1.54) is 6.20 Å². The van der Waals surface area contributed by atoms with Crippen LogP contribution >= 0.6 is 38.5 Å². The van der Waals surface area contributed by atoms with Crippen LogP contribution in [0, 0.1) is 10.6 Å². The molecule has 2 aromatic heterocycles. The molecule has 0 aliphatic rings. The van der Waals surface area contributed by atoms with Crippen LogP contribution in [0.3, 0.4) is 0 Å². The third kappa shape index (κ3) is 2.62. The number of nitrogens with zero attached hydrogens (tertiary/aromatic N) is 1. The lowest BCUT2D eigenvalue weighted by Crippen LogP contribution is -2.04. The highest BCUT2D eigenvalue weighted by Crippen LogP contribution is 2.33. The Hall–Kier alpha value is -0.930. The summed E-state index contributed by atoms with van der Waals surface area (Å²) in [6, 6.07) is 8.66. The Morgan fingerprint density at radius 2 is 1.90 bits per heavy atom. The number of pyridine rings is 1. The van der Waals surface area contributed by atoms with Gasteiger partial charge in [-0.3, -0.25) is 0 Å². The van der Waals surface area contributed by atoms with Crippen molar-refractivity contribution in [3.05, 3.63) is 50.3 Å². The molecule has 3 rings (SSSR count). The van der Waals surface area contributed by atoms with E-state index in [4.69, 9.17) is 0 Å². The van der Waals surface area contributed by atoms with Crippen molar-refractivity contribution in [2.75, 3.05) is 0 Å². The Balaban J connectivity index is 2.23. The van der Waals surface area contributed by atoms with Gasteiger partial charge in [0.1, 0.15) is 10.5 Å². The van der Waals surface area contributed by atoms with Crippen LogP contribution in [0.2, 0.25) is 0 Å². The number of H-pyrrole nitrogens is 1. The summed E-state index contributed by atoms with van der Waals surface area (Å²) in [4.78, 5) is 7.72. The molecule has 0 saturated carbocycles. The van der Waals surface area contributed by atoms with Gasteiger partial charge in [0.2, 0.25) is 9.84 Å². The van der Waals surface area contributed by atoms with Gasteiger partial charge in [0.25, 0.3) is 0 Å². The molecule has 7 heteroatoms. The first-order chi connectivity index (χ1) is 9.89. The van der Waals surface area contributed by atoms with Crippen molar-refractivity contribution in [1.82, 2.24) is 9.97 Å². The molecule has 0 bridgehead atoms. The number of aromatic nitrogens is 2. The Morgan fingerprint density at radius 1 is 1.24 bits per heavy atom. The fraction of sp³-hybridized carbons (Fsp3) is 0.0714. The van der Waals surface area contributed by atoms with Crippen LogP contribution in [0.1, 0.15) is 5.56 Å². The van der Waals surface area contributed by atoms with E-state index < -0.39 is 9.84 Å². The van der Waals surface area contributed by atoms with E-state index in [-0.39, 0.29) is 9.79 Å². The van der Waals surface area contributed by atoms with Crippen LogP contribution in [0.25, 0.3) is 11.0 Å². The summed E-state index contributed by atoms with van der Waals surface area (Å²) < 4.78 is 26.9. The molecule has 0 unspecified atom stereocenters. The molecule has 2 heterocycles.